The zero-order valence-corrected chi connectivity index (χ0v) is 15.7. The van der Waals surface area contributed by atoms with Crippen molar-refractivity contribution < 1.29 is 19.2 Å². The maximum atomic E-state index is 12.0. The van der Waals surface area contributed by atoms with Crippen molar-refractivity contribution in [3.05, 3.63) is 33.4 Å². The van der Waals surface area contributed by atoms with Crippen LogP contribution in [0.4, 0.5) is 10.5 Å². The van der Waals surface area contributed by atoms with Gasteiger partial charge in [0.15, 0.2) is 5.75 Å². The van der Waals surface area contributed by atoms with E-state index in [0.717, 1.165) is 11.1 Å². The van der Waals surface area contributed by atoms with Gasteiger partial charge in [0.1, 0.15) is 5.60 Å². The molecule has 7 nitrogen and oxygen atoms in total. The fourth-order valence-corrected chi connectivity index (χ4v) is 2.77. The topological polar surface area (TPSA) is 81.9 Å². The Hall–Kier alpha value is -2.31. The first-order valence-corrected chi connectivity index (χ1v) is 8.41. The number of carbonyl (C=O) groups is 1. The number of nitrogens with zero attached hydrogens (tertiary/aromatic N) is 2. The minimum Gasteiger partial charge on any atom is -0.484 e. The molecule has 1 amide bonds. The van der Waals surface area contributed by atoms with Crippen molar-refractivity contribution in [2.75, 3.05) is 13.1 Å². The predicted molar refractivity (Wildman–Crippen MR) is 94.1 cm³/mol. The molecule has 0 N–H and O–H groups in total. The van der Waals surface area contributed by atoms with Gasteiger partial charge in [-0.1, -0.05) is 0 Å². The number of ether oxygens (including phenoxy) is 2. The van der Waals surface area contributed by atoms with Gasteiger partial charge in [0.05, 0.1) is 11.0 Å². The minimum absolute atomic E-state index is 0.0294. The van der Waals surface area contributed by atoms with Crippen molar-refractivity contribution in [2.45, 2.75) is 59.2 Å². The highest BCUT2D eigenvalue weighted by Crippen LogP contribution is 2.37. The van der Waals surface area contributed by atoms with Crippen LogP contribution in [0.15, 0.2) is 12.1 Å². The van der Waals surface area contributed by atoms with Gasteiger partial charge in [-0.05, 0) is 58.7 Å². The highest BCUT2D eigenvalue weighted by atomic mass is 16.6. The molecule has 0 aliphatic carbocycles. The van der Waals surface area contributed by atoms with Crippen LogP contribution in [-0.4, -0.2) is 40.7 Å². The Labute approximate surface area is 148 Å². The summed E-state index contributed by atoms with van der Waals surface area (Å²) in [7, 11) is 0. The number of rotatable bonds is 4. The number of benzene rings is 1. The summed E-state index contributed by atoms with van der Waals surface area (Å²) >= 11 is 0. The average Bonchev–Trinajstić information content (AvgIpc) is 2.37. The molecule has 0 bridgehead atoms. The van der Waals surface area contributed by atoms with Crippen LogP contribution in [0.5, 0.6) is 5.75 Å². The molecule has 1 aromatic carbocycles. The lowest BCUT2D eigenvalue weighted by Gasteiger charge is -2.40. The molecule has 0 spiro atoms. The second kappa shape index (κ2) is 6.90. The Bertz CT molecular complexity index is 673. The van der Waals surface area contributed by atoms with E-state index in [2.05, 4.69) is 0 Å². The van der Waals surface area contributed by atoms with Crippen LogP contribution in [0.2, 0.25) is 0 Å². The summed E-state index contributed by atoms with van der Waals surface area (Å²) < 4.78 is 11.0. The Morgan fingerprint density at radius 1 is 1.32 bits per heavy atom. The molecule has 1 fully saturated rings. The van der Waals surface area contributed by atoms with E-state index in [1.54, 1.807) is 17.0 Å². The molecule has 1 aromatic rings. The van der Waals surface area contributed by atoms with Crippen LogP contribution >= 0.6 is 0 Å². The molecular weight excluding hydrogens is 324 g/mol. The van der Waals surface area contributed by atoms with Crippen molar-refractivity contribution in [1.29, 1.82) is 0 Å². The maximum Gasteiger partial charge on any atom is 0.410 e. The first-order valence-electron chi connectivity index (χ1n) is 8.41. The first kappa shape index (κ1) is 19.0. The van der Waals surface area contributed by atoms with E-state index in [9.17, 15) is 14.9 Å². The molecule has 0 saturated carbocycles. The SMILES string of the molecule is Cc1cc([N+](=O)[O-])c(OC(C)C)cc1C1CN(C(=O)OC(C)(C)C)C1. The molecule has 0 aromatic heterocycles. The van der Waals surface area contributed by atoms with Gasteiger partial charge in [-0.3, -0.25) is 10.1 Å². The normalized spacial score (nSPS) is 15.1. The maximum absolute atomic E-state index is 12.0. The van der Waals surface area contributed by atoms with E-state index in [1.165, 1.54) is 0 Å². The van der Waals surface area contributed by atoms with Gasteiger partial charge in [-0.15, -0.1) is 0 Å². The number of aryl methyl sites for hydroxylation is 1. The Morgan fingerprint density at radius 3 is 2.40 bits per heavy atom. The van der Waals surface area contributed by atoms with Gasteiger partial charge in [0.2, 0.25) is 0 Å². The molecule has 2 rings (SSSR count). The van der Waals surface area contributed by atoms with E-state index < -0.39 is 10.5 Å². The van der Waals surface area contributed by atoms with Gasteiger partial charge in [0.25, 0.3) is 0 Å². The average molecular weight is 350 g/mol. The summed E-state index contributed by atoms with van der Waals surface area (Å²) in [5.74, 6) is 0.402. The molecule has 0 atom stereocenters. The van der Waals surface area contributed by atoms with Crippen molar-refractivity contribution in [3.8, 4) is 5.75 Å². The predicted octanol–water partition coefficient (Wildman–Crippen LogP) is 4.02. The van der Waals surface area contributed by atoms with Crippen molar-refractivity contribution >= 4 is 11.8 Å². The molecule has 138 valence electrons. The smallest absolute Gasteiger partial charge is 0.410 e. The number of likely N-dealkylation sites (tertiary alicyclic amines) is 1. The molecular formula is C18H26N2O5. The Morgan fingerprint density at radius 2 is 1.92 bits per heavy atom. The number of amides is 1. The van der Waals surface area contributed by atoms with Crippen LogP contribution in [0.3, 0.4) is 0 Å². The molecule has 1 aliphatic heterocycles. The summed E-state index contributed by atoms with van der Waals surface area (Å²) in [6.07, 6.45) is -0.490. The van der Waals surface area contributed by atoms with Crippen LogP contribution in [0.1, 0.15) is 51.7 Å². The zero-order chi connectivity index (χ0) is 18.9. The van der Waals surface area contributed by atoms with E-state index >= 15 is 0 Å². The van der Waals surface area contributed by atoms with E-state index in [1.807, 2.05) is 41.5 Å². The van der Waals surface area contributed by atoms with Crippen LogP contribution in [-0.2, 0) is 4.74 Å². The monoisotopic (exact) mass is 350 g/mol. The second-order valence-electron chi connectivity index (χ2n) is 7.68. The lowest BCUT2D eigenvalue weighted by atomic mass is 9.88. The highest BCUT2D eigenvalue weighted by molar-refractivity contribution is 5.70. The Kier molecular flexibility index (Phi) is 5.25. The fourth-order valence-electron chi connectivity index (χ4n) is 2.77. The summed E-state index contributed by atoms with van der Waals surface area (Å²) in [4.78, 5) is 24.5. The van der Waals surface area contributed by atoms with Gasteiger partial charge < -0.3 is 14.4 Å². The molecule has 25 heavy (non-hydrogen) atoms. The quantitative estimate of drug-likeness (QED) is 0.605. The van der Waals surface area contributed by atoms with Crippen LogP contribution < -0.4 is 4.74 Å². The molecule has 1 saturated heterocycles. The third-order valence-electron chi connectivity index (χ3n) is 3.88. The third kappa shape index (κ3) is 4.61. The van der Waals surface area contributed by atoms with Crippen molar-refractivity contribution in [1.82, 2.24) is 4.90 Å². The summed E-state index contributed by atoms with van der Waals surface area (Å²) in [5, 5.41) is 11.3. The number of nitro groups is 1. The van der Waals surface area contributed by atoms with Crippen molar-refractivity contribution in [3.63, 3.8) is 0 Å². The molecule has 1 aliphatic rings. The van der Waals surface area contributed by atoms with E-state index in [4.69, 9.17) is 9.47 Å². The fraction of sp³-hybridized carbons (Fsp3) is 0.611. The standard InChI is InChI=1S/C18H26N2O5/c1-11(2)24-16-8-14(12(3)7-15(16)20(22)23)13-9-19(10-13)17(21)25-18(4,5)6/h7-8,11,13H,9-10H2,1-6H3. The largest absolute Gasteiger partial charge is 0.484 e. The lowest BCUT2D eigenvalue weighted by molar-refractivity contribution is -0.386. The molecule has 7 heteroatoms. The lowest BCUT2D eigenvalue weighted by Crippen LogP contribution is -2.50. The van der Waals surface area contributed by atoms with Gasteiger partial charge in [-0.25, -0.2) is 4.79 Å². The van der Waals surface area contributed by atoms with E-state index in [0.29, 0.717) is 13.1 Å². The van der Waals surface area contributed by atoms with E-state index in [-0.39, 0.29) is 29.6 Å². The van der Waals surface area contributed by atoms with Crippen LogP contribution in [0, 0.1) is 17.0 Å². The number of nitro benzene ring substituents is 1. The van der Waals surface area contributed by atoms with Gasteiger partial charge in [0, 0.05) is 25.1 Å². The summed E-state index contributed by atoms with van der Waals surface area (Å²) in [6, 6.07) is 3.29. The molecule has 0 unspecified atom stereocenters. The van der Waals surface area contributed by atoms with Crippen molar-refractivity contribution in [2.24, 2.45) is 0 Å². The number of hydrogen-bond donors (Lipinski definition) is 0. The summed E-state index contributed by atoms with van der Waals surface area (Å²) in [6.45, 7) is 12.1. The minimum atomic E-state index is -0.524. The number of carbonyl (C=O) groups excluding carboxylic acids is 1. The van der Waals surface area contributed by atoms with Gasteiger partial charge >= 0.3 is 11.8 Å². The molecule has 1 heterocycles. The second-order valence-corrected chi connectivity index (χ2v) is 7.68. The zero-order valence-electron chi connectivity index (χ0n) is 15.7. The molecule has 0 radical (unpaired) electrons. The third-order valence-corrected chi connectivity index (χ3v) is 3.88. The number of hydrogen-bond acceptors (Lipinski definition) is 5. The highest BCUT2D eigenvalue weighted by Gasteiger charge is 2.36. The van der Waals surface area contributed by atoms with Crippen LogP contribution in [0.25, 0.3) is 0 Å². The Balaban J connectivity index is 2.16. The summed E-state index contributed by atoms with van der Waals surface area (Å²) in [5.41, 5.74) is 1.25. The van der Waals surface area contributed by atoms with Gasteiger partial charge in [-0.2, -0.15) is 0 Å². The first-order chi connectivity index (χ1) is 11.5.